The average Bonchev–Trinajstić information content (AvgIpc) is 3.19. The molecule has 0 aliphatic carbocycles. The van der Waals surface area contributed by atoms with Crippen LogP contribution in [0.4, 0.5) is 0 Å². The van der Waals surface area contributed by atoms with E-state index in [1.54, 1.807) is 23.9 Å². The Hall–Kier alpha value is -2.61. The number of hydrogen-bond donors (Lipinski definition) is 0. The normalized spacial score (nSPS) is 10.8. The molecule has 0 atom stereocenters. The van der Waals surface area contributed by atoms with E-state index in [9.17, 15) is 4.79 Å². The number of hydrogen-bond acceptors (Lipinski definition) is 7. The molecule has 0 aliphatic heterocycles. The first-order chi connectivity index (χ1) is 11.6. The number of esters is 1. The predicted octanol–water partition coefficient (Wildman–Crippen LogP) is 2.76. The molecular formula is C16H16N4O3S. The minimum Gasteiger partial charge on any atom is -0.457 e. The number of carbonyl (C=O) groups is 1. The smallest absolute Gasteiger partial charge is 0.339 e. The minimum atomic E-state index is -0.369. The SMILES string of the molecule is Cc1nc(CSc2ccccc2C(=O)OCc2cnn(C)c2)no1. The number of aryl methyl sites for hydroxylation is 2. The zero-order valence-electron chi connectivity index (χ0n) is 13.3. The lowest BCUT2D eigenvalue weighted by molar-refractivity contribution is 0.0468. The van der Waals surface area contributed by atoms with Crippen LogP contribution in [0, 0.1) is 6.92 Å². The molecular weight excluding hydrogens is 328 g/mol. The van der Waals surface area contributed by atoms with Gasteiger partial charge in [0, 0.05) is 30.6 Å². The van der Waals surface area contributed by atoms with Crippen LogP contribution in [0.3, 0.4) is 0 Å². The van der Waals surface area contributed by atoms with Crippen LogP contribution in [0.15, 0.2) is 46.1 Å². The zero-order chi connectivity index (χ0) is 16.9. The molecule has 1 aromatic carbocycles. The molecule has 0 aliphatic rings. The van der Waals surface area contributed by atoms with Gasteiger partial charge < -0.3 is 9.26 Å². The molecule has 0 N–H and O–H groups in total. The Labute approximate surface area is 143 Å². The maximum absolute atomic E-state index is 12.3. The molecule has 0 fully saturated rings. The summed E-state index contributed by atoms with van der Waals surface area (Å²) in [6.07, 6.45) is 3.49. The molecule has 7 nitrogen and oxygen atoms in total. The van der Waals surface area contributed by atoms with Crippen molar-refractivity contribution in [2.75, 3.05) is 0 Å². The number of aromatic nitrogens is 4. The van der Waals surface area contributed by atoms with Gasteiger partial charge in [-0.15, -0.1) is 11.8 Å². The second-order valence-electron chi connectivity index (χ2n) is 5.11. The van der Waals surface area contributed by atoms with Crippen molar-refractivity contribution in [2.45, 2.75) is 24.2 Å². The van der Waals surface area contributed by atoms with Crippen molar-refractivity contribution >= 4 is 17.7 Å². The first-order valence-electron chi connectivity index (χ1n) is 7.27. The van der Waals surface area contributed by atoms with Gasteiger partial charge in [0.2, 0.25) is 5.89 Å². The van der Waals surface area contributed by atoms with E-state index in [0.29, 0.717) is 23.0 Å². The van der Waals surface area contributed by atoms with Gasteiger partial charge in [0.25, 0.3) is 0 Å². The van der Waals surface area contributed by atoms with Gasteiger partial charge in [0.1, 0.15) is 6.61 Å². The number of benzene rings is 1. The van der Waals surface area contributed by atoms with Gasteiger partial charge in [-0.05, 0) is 12.1 Å². The van der Waals surface area contributed by atoms with E-state index in [2.05, 4.69) is 15.2 Å². The molecule has 8 heteroatoms. The Morgan fingerprint density at radius 2 is 2.21 bits per heavy atom. The highest BCUT2D eigenvalue weighted by molar-refractivity contribution is 7.98. The Morgan fingerprint density at radius 1 is 1.38 bits per heavy atom. The van der Waals surface area contributed by atoms with Crippen molar-refractivity contribution in [1.82, 2.24) is 19.9 Å². The summed E-state index contributed by atoms with van der Waals surface area (Å²) in [6, 6.07) is 7.30. The van der Waals surface area contributed by atoms with Gasteiger partial charge in [-0.25, -0.2) is 4.79 Å². The summed E-state index contributed by atoms with van der Waals surface area (Å²) >= 11 is 1.47. The van der Waals surface area contributed by atoms with E-state index in [0.717, 1.165) is 10.5 Å². The topological polar surface area (TPSA) is 83.0 Å². The van der Waals surface area contributed by atoms with Crippen LogP contribution >= 0.6 is 11.8 Å². The van der Waals surface area contributed by atoms with Crippen LogP contribution in [-0.4, -0.2) is 25.9 Å². The minimum absolute atomic E-state index is 0.190. The third-order valence-electron chi connectivity index (χ3n) is 3.16. The van der Waals surface area contributed by atoms with Gasteiger partial charge in [-0.3, -0.25) is 4.68 Å². The van der Waals surface area contributed by atoms with Crippen molar-refractivity contribution in [1.29, 1.82) is 0 Å². The molecule has 3 aromatic rings. The van der Waals surface area contributed by atoms with Crippen molar-refractivity contribution in [3.8, 4) is 0 Å². The lowest BCUT2D eigenvalue weighted by Gasteiger charge is -2.08. The molecule has 0 bridgehead atoms. The van der Waals surface area contributed by atoms with E-state index in [1.165, 1.54) is 11.8 Å². The van der Waals surface area contributed by atoms with E-state index in [4.69, 9.17) is 9.26 Å². The van der Waals surface area contributed by atoms with Crippen LogP contribution in [0.5, 0.6) is 0 Å². The zero-order valence-corrected chi connectivity index (χ0v) is 14.1. The monoisotopic (exact) mass is 344 g/mol. The fraction of sp³-hybridized carbons (Fsp3) is 0.250. The first kappa shape index (κ1) is 16.3. The highest BCUT2D eigenvalue weighted by Crippen LogP contribution is 2.26. The Kier molecular flexibility index (Phi) is 4.95. The summed E-state index contributed by atoms with van der Waals surface area (Å²) in [5.41, 5.74) is 1.37. The summed E-state index contributed by atoms with van der Waals surface area (Å²) in [5.74, 6) is 1.27. The molecule has 3 rings (SSSR count). The lowest BCUT2D eigenvalue weighted by Crippen LogP contribution is -2.06. The molecule has 0 spiro atoms. The molecule has 0 saturated carbocycles. The maximum Gasteiger partial charge on any atom is 0.339 e. The van der Waals surface area contributed by atoms with Crippen LogP contribution in [0.2, 0.25) is 0 Å². The highest BCUT2D eigenvalue weighted by Gasteiger charge is 2.14. The van der Waals surface area contributed by atoms with Crippen molar-refractivity contribution in [2.24, 2.45) is 7.05 Å². The number of carbonyl (C=O) groups excluding carboxylic acids is 1. The molecule has 124 valence electrons. The summed E-state index contributed by atoms with van der Waals surface area (Å²) in [7, 11) is 1.82. The van der Waals surface area contributed by atoms with Gasteiger partial charge in [-0.2, -0.15) is 10.1 Å². The number of nitrogens with zero attached hydrogens (tertiary/aromatic N) is 4. The van der Waals surface area contributed by atoms with Gasteiger partial charge in [0.15, 0.2) is 5.82 Å². The fourth-order valence-electron chi connectivity index (χ4n) is 2.08. The van der Waals surface area contributed by atoms with E-state index >= 15 is 0 Å². The molecule has 0 amide bonds. The van der Waals surface area contributed by atoms with Crippen LogP contribution in [-0.2, 0) is 24.1 Å². The molecule has 0 radical (unpaired) electrons. The van der Waals surface area contributed by atoms with Crippen LogP contribution < -0.4 is 0 Å². The summed E-state index contributed by atoms with van der Waals surface area (Å²) < 4.78 is 12.0. The Bertz CT molecular complexity index is 843. The van der Waals surface area contributed by atoms with Crippen LogP contribution in [0.1, 0.15) is 27.6 Å². The quantitative estimate of drug-likeness (QED) is 0.502. The van der Waals surface area contributed by atoms with Gasteiger partial charge in [0.05, 0.1) is 17.5 Å². The summed E-state index contributed by atoms with van der Waals surface area (Å²) in [6.45, 7) is 1.93. The predicted molar refractivity (Wildman–Crippen MR) is 87.4 cm³/mol. The molecule has 2 aromatic heterocycles. The maximum atomic E-state index is 12.3. The molecule has 2 heterocycles. The fourth-order valence-corrected chi connectivity index (χ4v) is 2.96. The second-order valence-corrected chi connectivity index (χ2v) is 6.13. The Balaban J connectivity index is 1.65. The highest BCUT2D eigenvalue weighted by atomic mass is 32.2. The Morgan fingerprint density at radius 3 is 2.92 bits per heavy atom. The summed E-state index contributed by atoms with van der Waals surface area (Å²) in [4.78, 5) is 17.3. The third kappa shape index (κ3) is 4.02. The van der Waals surface area contributed by atoms with E-state index in [1.807, 2.05) is 31.4 Å². The van der Waals surface area contributed by atoms with Gasteiger partial charge >= 0.3 is 5.97 Å². The van der Waals surface area contributed by atoms with Crippen molar-refractivity contribution < 1.29 is 14.1 Å². The molecule has 24 heavy (non-hydrogen) atoms. The van der Waals surface area contributed by atoms with Crippen LogP contribution in [0.25, 0.3) is 0 Å². The van der Waals surface area contributed by atoms with Crippen molar-refractivity contribution in [3.05, 3.63) is 59.5 Å². The third-order valence-corrected chi connectivity index (χ3v) is 4.23. The average molecular weight is 344 g/mol. The lowest BCUT2D eigenvalue weighted by atomic mass is 10.2. The molecule has 0 saturated heterocycles. The van der Waals surface area contributed by atoms with E-state index in [-0.39, 0.29) is 12.6 Å². The van der Waals surface area contributed by atoms with Crippen molar-refractivity contribution in [3.63, 3.8) is 0 Å². The standard InChI is InChI=1S/C16H16N4O3S/c1-11-18-15(19-23-11)10-24-14-6-4-3-5-13(14)16(21)22-9-12-7-17-20(2)8-12/h3-8H,9-10H2,1-2H3. The number of thioether (sulfide) groups is 1. The summed E-state index contributed by atoms with van der Waals surface area (Å²) in [5, 5.41) is 7.90. The number of rotatable bonds is 6. The van der Waals surface area contributed by atoms with Gasteiger partial charge in [-0.1, -0.05) is 17.3 Å². The first-order valence-corrected chi connectivity index (χ1v) is 8.26. The second kappa shape index (κ2) is 7.31. The molecule has 0 unspecified atom stereocenters. The van der Waals surface area contributed by atoms with E-state index < -0.39 is 0 Å². The largest absolute Gasteiger partial charge is 0.457 e. The number of ether oxygens (including phenoxy) is 1.